The molecule has 0 spiro atoms. The lowest BCUT2D eigenvalue weighted by atomic mass is 10.0. The molecule has 4 heteroatoms. The molecule has 1 N–H and O–H groups in total. The molecule has 106 valence electrons. The summed E-state index contributed by atoms with van der Waals surface area (Å²) in [6, 6.07) is 6.73. The van der Waals surface area contributed by atoms with Gasteiger partial charge in [-0.1, -0.05) is 6.07 Å². The molecule has 1 heterocycles. The number of hydrogen-bond donors (Lipinski definition) is 1. The van der Waals surface area contributed by atoms with Gasteiger partial charge in [0.05, 0.1) is 13.7 Å². The Morgan fingerprint density at radius 3 is 2.89 bits per heavy atom. The third-order valence-electron chi connectivity index (χ3n) is 3.47. The molecule has 1 aromatic rings. The summed E-state index contributed by atoms with van der Waals surface area (Å²) in [5.74, 6) is 1.64. The Kier molecular flexibility index (Phi) is 5.05. The van der Waals surface area contributed by atoms with E-state index in [1.54, 1.807) is 7.11 Å². The first kappa shape index (κ1) is 14.2. The molecule has 1 saturated heterocycles. The number of methoxy groups -OCH3 is 1. The zero-order valence-corrected chi connectivity index (χ0v) is 12.1. The highest BCUT2D eigenvalue weighted by atomic mass is 16.5. The van der Waals surface area contributed by atoms with E-state index in [4.69, 9.17) is 9.47 Å². The van der Waals surface area contributed by atoms with Crippen LogP contribution in [0.4, 0.5) is 0 Å². The molecular formula is C15H24N2O2. The van der Waals surface area contributed by atoms with Gasteiger partial charge in [0.1, 0.15) is 0 Å². The summed E-state index contributed by atoms with van der Waals surface area (Å²) in [7, 11) is 3.85. The molecule has 1 aliphatic rings. The van der Waals surface area contributed by atoms with Gasteiger partial charge in [-0.25, -0.2) is 0 Å². The summed E-state index contributed by atoms with van der Waals surface area (Å²) in [6.07, 6.45) is 1.02. The van der Waals surface area contributed by atoms with Crippen molar-refractivity contribution >= 4 is 0 Å². The van der Waals surface area contributed by atoms with E-state index in [1.807, 2.05) is 13.0 Å². The number of hydrogen-bond acceptors (Lipinski definition) is 4. The molecule has 1 unspecified atom stereocenters. The molecule has 4 nitrogen and oxygen atoms in total. The van der Waals surface area contributed by atoms with Crippen molar-refractivity contribution in [1.29, 1.82) is 0 Å². The van der Waals surface area contributed by atoms with E-state index in [1.165, 1.54) is 5.56 Å². The van der Waals surface area contributed by atoms with Crippen molar-refractivity contribution in [3.05, 3.63) is 23.8 Å². The Morgan fingerprint density at radius 2 is 2.21 bits per heavy atom. The third kappa shape index (κ3) is 3.85. The Morgan fingerprint density at radius 1 is 1.37 bits per heavy atom. The first-order valence-corrected chi connectivity index (χ1v) is 6.94. The summed E-state index contributed by atoms with van der Waals surface area (Å²) in [4.78, 5) is 2.37. The maximum atomic E-state index is 5.62. The summed E-state index contributed by atoms with van der Waals surface area (Å²) in [5, 5.41) is 3.56. The summed E-state index contributed by atoms with van der Waals surface area (Å²) >= 11 is 0. The van der Waals surface area contributed by atoms with Gasteiger partial charge < -0.3 is 19.7 Å². The smallest absolute Gasteiger partial charge is 0.161 e. The predicted molar refractivity (Wildman–Crippen MR) is 77.2 cm³/mol. The van der Waals surface area contributed by atoms with Gasteiger partial charge >= 0.3 is 0 Å². The molecule has 2 rings (SSSR count). The molecular weight excluding hydrogens is 240 g/mol. The summed E-state index contributed by atoms with van der Waals surface area (Å²) in [5.41, 5.74) is 1.29. The maximum absolute atomic E-state index is 5.62. The fraction of sp³-hybridized carbons (Fsp3) is 0.600. The number of nitrogens with one attached hydrogen (secondary N) is 1. The highest BCUT2D eigenvalue weighted by Gasteiger charge is 2.17. The number of rotatable bonds is 5. The van der Waals surface area contributed by atoms with Crippen molar-refractivity contribution in [2.24, 2.45) is 0 Å². The number of nitrogens with zero attached hydrogens (tertiary/aromatic N) is 1. The fourth-order valence-electron chi connectivity index (χ4n) is 2.53. The monoisotopic (exact) mass is 264 g/mol. The normalized spacial score (nSPS) is 20.3. The van der Waals surface area contributed by atoms with Gasteiger partial charge in [-0.3, -0.25) is 0 Å². The predicted octanol–water partition coefficient (Wildman–Crippen LogP) is 1.54. The number of benzene rings is 1. The average molecular weight is 264 g/mol. The van der Waals surface area contributed by atoms with Crippen LogP contribution in [-0.4, -0.2) is 51.3 Å². The Labute approximate surface area is 115 Å². The van der Waals surface area contributed by atoms with Crippen LogP contribution in [0.15, 0.2) is 18.2 Å². The number of ether oxygens (including phenoxy) is 2. The van der Waals surface area contributed by atoms with Crippen molar-refractivity contribution in [3.8, 4) is 11.5 Å². The minimum absolute atomic E-state index is 0.515. The molecule has 0 aromatic heterocycles. The van der Waals surface area contributed by atoms with Crippen LogP contribution >= 0.6 is 0 Å². The van der Waals surface area contributed by atoms with E-state index in [-0.39, 0.29) is 0 Å². The van der Waals surface area contributed by atoms with Gasteiger partial charge in [-0.15, -0.1) is 0 Å². The molecule has 0 amide bonds. The molecule has 0 aliphatic carbocycles. The van der Waals surface area contributed by atoms with Crippen LogP contribution in [0.3, 0.4) is 0 Å². The van der Waals surface area contributed by atoms with Crippen LogP contribution in [0.25, 0.3) is 0 Å². The standard InChI is InChI=1S/C15H24N2O2/c1-4-19-15-10-12(5-6-14(15)18-3)9-13-11-17(2)8-7-16-13/h5-6,10,13,16H,4,7-9,11H2,1-3H3. The van der Waals surface area contributed by atoms with Gasteiger partial charge in [-0.05, 0) is 38.1 Å². The van der Waals surface area contributed by atoms with Crippen molar-refractivity contribution in [1.82, 2.24) is 10.2 Å². The van der Waals surface area contributed by atoms with Crippen LogP contribution < -0.4 is 14.8 Å². The maximum Gasteiger partial charge on any atom is 0.161 e. The second-order valence-electron chi connectivity index (χ2n) is 5.04. The van der Waals surface area contributed by atoms with Crippen molar-refractivity contribution < 1.29 is 9.47 Å². The summed E-state index contributed by atoms with van der Waals surface area (Å²) in [6.45, 7) is 5.93. The molecule has 1 aliphatic heterocycles. The molecule has 1 fully saturated rings. The molecule has 0 bridgehead atoms. The van der Waals surface area contributed by atoms with E-state index < -0.39 is 0 Å². The minimum atomic E-state index is 0.515. The largest absolute Gasteiger partial charge is 0.493 e. The molecule has 0 radical (unpaired) electrons. The number of piperazine rings is 1. The third-order valence-corrected chi connectivity index (χ3v) is 3.47. The summed E-state index contributed by atoms with van der Waals surface area (Å²) < 4.78 is 10.9. The topological polar surface area (TPSA) is 33.7 Å². The lowest BCUT2D eigenvalue weighted by Crippen LogP contribution is -2.49. The minimum Gasteiger partial charge on any atom is -0.493 e. The first-order chi connectivity index (χ1) is 9.22. The van der Waals surface area contributed by atoms with Crippen LogP contribution in [0, 0.1) is 0 Å². The van der Waals surface area contributed by atoms with Gasteiger partial charge in [0, 0.05) is 25.7 Å². The Balaban J connectivity index is 2.05. The van der Waals surface area contributed by atoms with E-state index in [9.17, 15) is 0 Å². The quantitative estimate of drug-likeness (QED) is 0.874. The van der Waals surface area contributed by atoms with E-state index in [0.29, 0.717) is 12.6 Å². The SMILES string of the molecule is CCOc1cc(CC2CN(C)CCN2)ccc1OC. The highest BCUT2D eigenvalue weighted by molar-refractivity contribution is 5.43. The van der Waals surface area contributed by atoms with Gasteiger partial charge in [0.15, 0.2) is 11.5 Å². The zero-order chi connectivity index (χ0) is 13.7. The first-order valence-electron chi connectivity index (χ1n) is 6.94. The molecule has 1 atom stereocenters. The van der Waals surface area contributed by atoms with Crippen molar-refractivity contribution in [2.75, 3.05) is 40.4 Å². The van der Waals surface area contributed by atoms with E-state index in [2.05, 4.69) is 29.4 Å². The second-order valence-corrected chi connectivity index (χ2v) is 5.04. The average Bonchev–Trinajstić information content (AvgIpc) is 2.39. The van der Waals surface area contributed by atoms with Crippen LogP contribution in [0.1, 0.15) is 12.5 Å². The second kappa shape index (κ2) is 6.78. The molecule has 1 aromatic carbocycles. The van der Waals surface area contributed by atoms with Gasteiger partial charge in [-0.2, -0.15) is 0 Å². The Hall–Kier alpha value is -1.26. The van der Waals surface area contributed by atoms with Crippen LogP contribution in [-0.2, 0) is 6.42 Å². The van der Waals surface area contributed by atoms with Crippen molar-refractivity contribution in [3.63, 3.8) is 0 Å². The van der Waals surface area contributed by atoms with Crippen molar-refractivity contribution in [2.45, 2.75) is 19.4 Å². The van der Waals surface area contributed by atoms with Crippen LogP contribution in [0.5, 0.6) is 11.5 Å². The Bertz CT molecular complexity index is 409. The van der Waals surface area contributed by atoms with E-state index >= 15 is 0 Å². The van der Waals surface area contributed by atoms with Gasteiger partial charge in [0.2, 0.25) is 0 Å². The number of likely N-dealkylation sites (N-methyl/N-ethyl adjacent to an activating group) is 1. The highest BCUT2D eigenvalue weighted by Crippen LogP contribution is 2.28. The zero-order valence-electron chi connectivity index (χ0n) is 12.1. The van der Waals surface area contributed by atoms with E-state index in [0.717, 1.165) is 37.6 Å². The lowest BCUT2D eigenvalue weighted by molar-refractivity contribution is 0.238. The fourth-order valence-corrected chi connectivity index (χ4v) is 2.53. The van der Waals surface area contributed by atoms with Gasteiger partial charge in [0.25, 0.3) is 0 Å². The molecule has 19 heavy (non-hydrogen) atoms. The van der Waals surface area contributed by atoms with Crippen LogP contribution in [0.2, 0.25) is 0 Å². The molecule has 0 saturated carbocycles. The lowest BCUT2D eigenvalue weighted by Gasteiger charge is -2.31.